The fourth-order valence-electron chi connectivity index (χ4n) is 2.45. The molecule has 0 saturated carbocycles. The van der Waals surface area contributed by atoms with Gasteiger partial charge < -0.3 is 4.57 Å². The molecule has 3 nitrogen and oxygen atoms in total. The highest BCUT2D eigenvalue weighted by Gasteiger charge is 2.13. The minimum absolute atomic E-state index is 0.0232. The Morgan fingerprint density at radius 2 is 1.85 bits per heavy atom. The van der Waals surface area contributed by atoms with Crippen molar-refractivity contribution in [3.05, 3.63) is 63.3 Å². The van der Waals surface area contributed by atoms with Crippen molar-refractivity contribution in [3.8, 4) is 0 Å². The molecule has 1 aromatic carbocycles. The van der Waals surface area contributed by atoms with Gasteiger partial charge in [-0.1, -0.05) is 44.2 Å². The maximum atomic E-state index is 12.4. The molecule has 0 atom stereocenters. The lowest BCUT2D eigenvalue weighted by molar-refractivity contribution is 0.592. The van der Waals surface area contributed by atoms with Crippen LogP contribution < -0.4 is 5.56 Å². The van der Waals surface area contributed by atoms with Crippen LogP contribution >= 0.6 is 0 Å². The average Bonchev–Trinajstić information content (AvgIpc) is 2.42. The summed E-state index contributed by atoms with van der Waals surface area (Å²) in [6, 6.07) is 10.0. The molecule has 0 bridgehead atoms. The average molecular weight is 270 g/mol. The van der Waals surface area contributed by atoms with Crippen molar-refractivity contribution < 1.29 is 0 Å². The highest BCUT2D eigenvalue weighted by atomic mass is 16.1. The number of nitrogens with zero attached hydrogens (tertiary/aromatic N) is 2. The van der Waals surface area contributed by atoms with Crippen molar-refractivity contribution in [1.29, 1.82) is 0 Å². The quantitative estimate of drug-likeness (QED) is 0.856. The Balaban J connectivity index is 2.39. The first-order chi connectivity index (χ1) is 9.49. The standard InChI is InChI=1S/C17H22N2O/c1-12(2)10-16-13(3)18-15(17(20)19(16)4)11-14-8-6-5-7-9-14/h5-9,12H,10-11H2,1-4H3. The van der Waals surface area contributed by atoms with Crippen LogP contribution in [-0.4, -0.2) is 9.55 Å². The zero-order valence-electron chi connectivity index (χ0n) is 12.7. The molecule has 0 fully saturated rings. The van der Waals surface area contributed by atoms with Gasteiger partial charge in [0, 0.05) is 19.2 Å². The first kappa shape index (κ1) is 14.5. The number of aromatic nitrogens is 2. The van der Waals surface area contributed by atoms with Crippen LogP contribution in [0.15, 0.2) is 35.1 Å². The van der Waals surface area contributed by atoms with Crippen LogP contribution in [0.3, 0.4) is 0 Å². The third-order valence-electron chi connectivity index (χ3n) is 3.49. The van der Waals surface area contributed by atoms with Gasteiger partial charge in [0.05, 0.1) is 5.69 Å². The van der Waals surface area contributed by atoms with Crippen molar-refractivity contribution in [2.45, 2.75) is 33.6 Å². The van der Waals surface area contributed by atoms with Gasteiger partial charge in [-0.3, -0.25) is 9.78 Å². The molecular weight excluding hydrogens is 248 g/mol. The van der Waals surface area contributed by atoms with Gasteiger partial charge in [0.15, 0.2) is 0 Å². The summed E-state index contributed by atoms with van der Waals surface area (Å²) in [7, 11) is 1.85. The number of benzene rings is 1. The van der Waals surface area contributed by atoms with E-state index in [2.05, 4.69) is 18.8 Å². The van der Waals surface area contributed by atoms with Crippen LogP contribution in [0.1, 0.15) is 36.5 Å². The molecule has 0 spiro atoms. The van der Waals surface area contributed by atoms with Crippen molar-refractivity contribution >= 4 is 0 Å². The molecule has 3 heteroatoms. The second-order valence-electron chi connectivity index (χ2n) is 5.72. The molecule has 2 rings (SSSR count). The van der Waals surface area contributed by atoms with Gasteiger partial charge >= 0.3 is 0 Å². The van der Waals surface area contributed by atoms with Crippen molar-refractivity contribution in [2.75, 3.05) is 0 Å². The molecule has 106 valence electrons. The lowest BCUT2D eigenvalue weighted by atomic mass is 10.1. The van der Waals surface area contributed by atoms with Gasteiger partial charge in [-0.2, -0.15) is 0 Å². The maximum absolute atomic E-state index is 12.4. The fraction of sp³-hybridized carbons (Fsp3) is 0.412. The Hall–Kier alpha value is -1.90. The number of aryl methyl sites for hydroxylation is 1. The molecule has 0 radical (unpaired) electrons. The largest absolute Gasteiger partial charge is 0.312 e. The van der Waals surface area contributed by atoms with Gasteiger partial charge in [-0.25, -0.2) is 0 Å². The first-order valence-corrected chi connectivity index (χ1v) is 7.08. The minimum Gasteiger partial charge on any atom is -0.312 e. The molecule has 0 amide bonds. The van der Waals surface area contributed by atoms with Crippen LogP contribution in [0.4, 0.5) is 0 Å². The first-order valence-electron chi connectivity index (χ1n) is 7.08. The van der Waals surface area contributed by atoms with E-state index in [4.69, 9.17) is 0 Å². The molecule has 0 unspecified atom stereocenters. The summed E-state index contributed by atoms with van der Waals surface area (Å²) in [6.45, 7) is 6.30. The van der Waals surface area contributed by atoms with Crippen LogP contribution in [0.25, 0.3) is 0 Å². The number of hydrogen-bond acceptors (Lipinski definition) is 2. The summed E-state index contributed by atoms with van der Waals surface area (Å²) in [4.78, 5) is 17.0. The molecule has 0 saturated heterocycles. The maximum Gasteiger partial charge on any atom is 0.272 e. The van der Waals surface area contributed by atoms with E-state index in [1.807, 2.05) is 44.3 Å². The summed E-state index contributed by atoms with van der Waals surface area (Å²) in [5.74, 6) is 0.515. The van der Waals surface area contributed by atoms with Gasteiger partial charge in [0.1, 0.15) is 5.69 Å². The van der Waals surface area contributed by atoms with Gasteiger partial charge in [0.25, 0.3) is 5.56 Å². The SMILES string of the molecule is Cc1nc(Cc2ccccc2)c(=O)n(C)c1CC(C)C. The van der Waals surface area contributed by atoms with Gasteiger partial charge in [-0.05, 0) is 24.8 Å². The van der Waals surface area contributed by atoms with Crippen LogP contribution in [0.5, 0.6) is 0 Å². The predicted octanol–water partition coefficient (Wildman–Crippen LogP) is 2.88. The van der Waals surface area contributed by atoms with E-state index < -0.39 is 0 Å². The summed E-state index contributed by atoms with van der Waals surface area (Å²) in [5, 5.41) is 0. The van der Waals surface area contributed by atoms with E-state index in [-0.39, 0.29) is 5.56 Å². The topological polar surface area (TPSA) is 34.9 Å². The Kier molecular flexibility index (Phi) is 4.38. The molecule has 2 aromatic rings. The van der Waals surface area contributed by atoms with Gasteiger partial charge in [0.2, 0.25) is 0 Å². The number of rotatable bonds is 4. The molecule has 20 heavy (non-hydrogen) atoms. The monoisotopic (exact) mass is 270 g/mol. The summed E-state index contributed by atoms with van der Waals surface area (Å²) >= 11 is 0. The Morgan fingerprint density at radius 3 is 2.45 bits per heavy atom. The van der Waals surface area contributed by atoms with E-state index >= 15 is 0 Å². The molecule has 0 N–H and O–H groups in total. The fourth-order valence-corrected chi connectivity index (χ4v) is 2.45. The summed E-state index contributed by atoms with van der Waals surface area (Å²) in [6.07, 6.45) is 1.48. The second-order valence-corrected chi connectivity index (χ2v) is 5.72. The van der Waals surface area contributed by atoms with Crippen LogP contribution in [0.2, 0.25) is 0 Å². The van der Waals surface area contributed by atoms with Crippen molar-refractivity contribution in [3.63, 3.8) is 0 Å². The lowest BCUT2D eigenvalue weighted by Gasteiger charge is -2.14. The van der Waals surface area contributed by atoms with E-state index in [1.54, 1.807) is 4.57 Å². The van der Waals surface area contributed by atoms with E-state index in [0.717, 1.165) is 23.4 Å². The van der Waals surface area contributed by atoms with E-state index in [1.165, 1.54) is 0 Å². The van der Waals surface area contributed by atoms with E-state index in [0.29, 0.717) is 18.0 Å². The Morgan fingerprint density at radius 1 is 1.20 bits per heavy atom. The normalized spacial score (nSPS) is 11.1. The highest BCUT2D eigenvalue weighted by molar-refractivity contribution is 5.23. The minimum atomic E-state index is 0.0232. The van der Waals surface area contributed by atoms with Crippen molar-refractivity contribution in [1.82, 2.24) is 9.55 Å². The van der Waals surface area contributed by atoms with Gasteiger partial charge in [-0.15, -0.1) is 0 Å². The zero-order valence-corrected chi connectivity index (χ0v) is 12.7. The lowest BCUT2D eigenvalue weighted by Crippen LogP contribution is -2.28. The van der Waals surface area contributed by atoms with E-state index in [9.17, 15) is 4.79 Å². The summed E-state index contributed by atoms with van der Waals surface area (Å²) in [5.41, 5.74) is 3.78. The predicted molar refractivity (Wildman–Crippen MR) is 82.0 cm³/mol. The zero-order chi connectivity index (χ0) is 14.7. The van der Waals surface area contributed by atoms with Crippen LogP contribution in [0, 0.1) is 12.8 Å². The number of hydrogen-bond donors (Lipinski definition) is 0. The molecule has 0 aliphatic rings. The Bertz CT molecular complexity index is 642. The van der Waals surface area contributed by atoms with Crippen molar-refractivity contribution in [2.24, 2.45) is 13.0 Å². The molecule has 1 heterocycles. The third-order valence-corrected chi connectivity index (χ3v) is 3.49. The van der Waals surface area contributed by atoms with Crippen LogP contribution in [-0.2, 0) is 19.9 Å². The highest BCUT2D eigenvalue weighted by Crippen LogP contribution is 2.11. The smallest absolute Gasteiger partial charge is 0.272 e. The second kappa shape index (κ2) is 6.04. The Labute approximate surface area is 120 Å². The summed E-state index contributed by atoms with van der Waals surface area (Å²) < 4.78 is 1.76. The molecule has 1 aromatic heterocycles. The molecule has 0 aliphatic heterocycles. The third kappa shape index (κ3) is 3.16. The molecule has 0 aliphatic carbocycles. The molecular formula is C17H22N2O.